The Hall–Kier alpha value is -2.91. The van der Waals surface area contributed by atoms with Crippen LogP contribution in [0.2, 0.25) is 5.02 Å². The van der Waals surface area contributed by atoms with Gasteiger partial charge in [-0.15, -0.1) is 10.2 Å². The molecule has 0 fully saturated rings. The number of halogens is 2. The number of carbonyl (C=O) groups excluding carboxylic acids is 2. The van der Waals surface area contributed by atoms with Gasteiger partial charge in [-0.05, 0) is 48.9 Å². The molecule has 0 aliphatic carbocycles. The van der Waals surface area contributed by atoms with Crippen LogP contribution in [0, 0.1) is 12.7 Å². The van der Waals surface area contributed by atoms with E-state index in [0.717, 1.165) is 5.56 Å². The van der Waals surface area contributed by atoms with Crippen LogP contribution in [0.3, 0.4) is 0 Å². The molecule has 0 spiro atoms. The van der Waals surface area contributed by atoms with Crippen LogP contribution in [0.1, 0.15) is 21.7 Å². The van der Waals surface area contributed by atoms with Gasteiger partial charge in [-0.3, -0.25) is 9.59 Å². The molecule has 0 aliphatic heterocycles. The topological polar surface area (TPSA) is 88.9 Å². The Morgan fingerprint density at radius 2 is 1.90 bits per heavy atom. The fourth-order valence-electron chi connectivity index (χ4n) is 2.53. The number of hydrogen-bond acceptors (Lipinski definition) is 5. The number of anilines is 1. The number of carbonyl (C=O) groups is 2. The van der Waals surface area contributed by atoms with E-state index < -0.39 is 5.82 Å². The number of benzene rings is 2. The lowest BCUT2D eigenvalue weighted by Gasteiger charge is -2.08. The molecular formula is C20H19ClFN5O2S. The monoisotopic (exact) mass is 447 g/mol. The van der Waals surface area contributed by atoms with Crippen LogP contribution in [0.15, 0.2) is 47.6 Å². The van der Waals surface area contributed by atoms with Crippen LogP contribution in [0.5, 0.6) is 0 Å². The summed E-state index contributed by atoms with van der Waals surface area (Å²) in [4.78, 5) is 24.4. The van der Waals surface area contributed by atoms with Gasteiger partial charge in [-0.2, -0.15) is 0 Å². The first kappa shape index (κ1) is 21.8. The minimum Gasteiger partial charge on any atom is -0.345 e. The van der Waals surface area contributed by atoms with Gasteiger partial charge in [0, 0.05) is 23.3 Å². The van der Waals surface area contributed by atoms with Crippen molar-refractivity contribution >= 4 is 40.9 Å². The first-order valence-corrected chi connectivity index (χ1v) is 10.3. The molecule has 0 bridgehead atoms. The van der Waals surface area contributed by atoms with Crippen molar-refractivity contribution in [1.82, 2.24) is 20.1 Å². The lowest BCUT2D eigenvalue weighted by atomic mass is 10.2. The normalized spacial score (nSPS) is 10.7. The van der Waals surface area contributed by atoms with E-state index in [2.05, 4.69) is 20.8 Å². The summed E-state index contributed by atoms with van der Waals surface area (Å²) in [6.45, 7) is 1.97. The Bertz CT molecular complexity index is 1070. The van der Waals surface area contributed by atoms with Crippen molar-refractivity contribution in [3.05, 3.63) is 70.3 Å². The summed E-state index contributed by atoms with van der Waals surface area (Å²) in [5.74, 6) is -0.328. The van der Waals surface area contributed by atoms with E-state index in [1.807, 2.05) is 0 Å². The Labute approximate surface area is 182 Å². The fraction of sp³-hybridized carbons (Fsp3) is 0.200. The van der Waals surface area contributed by atoms with Gasteiger partial charge in [0.15, 0.2) is 11.0 Å². The molecule has 1 aromatic heterocycles. The molecule has 0 saturated carbocycles. The van der Waals surface area contributed by atoms with Crippen LogP contribution < -0.4 is 10.6 Å². The van der Waals surface area contributed by atoms with Crippen molar-refractivity contribution in [3.63, 3.8) is 0 Å². The standard InChI is InChI=1S/C20H19ClFN5O2S/c1-12-3-8-15(22)9-16(12)24-18(28)11-30-20-26-25-17(27(20)2)10-23-19(29)13-4-6-14(21)7-5-13/h3-9H,10-11H2,1-2H3,(H,23,29)(H,24,28). The maximum absolute atomic E-state index is 13.3. The molecule has 0 atom stereocenters. The predicted molar refractivity (Wildman–Crippen MR) is 114 cm³/mol. The number of nitrogens with one attached hydrogen (secondary N) is 2. The highest BCUT2D eigenvalue weighted by Crippen LogP contribution is 2.19. The summed E-state index contributed by atoms with van der Waals surface area (Å²) in [5.41, 5.74) is 1.69. The summed E-state index contributed by atoms with van der Waals surface area (Å²) >= 11 is 7.02. The highest BCUT2D eigenvalue weighted by Gasteiger charge is 2.14. The van der Waals surface area contributed by atoms with Crippen LogP contribution in [0.25, 0.3) is 0 Å². The first-order valence-electron chi connectivity index (χ1n) is 8.94. The molecule has 1 heterocycles. The maximum atomic E-state index is 13.3. The van der Waals surface area contributed by atoms with E-state index in [0.29, 0.717) is 27.3 Å². The number of aromatic nitrogens is 3. The van der Waals surface area contributed by atoms with E-state index in [4.69, 9.17) is 11.6 Å². The molecule has 2 N–H and O–H groups in total. The van der Waals surface area contributed by atoms with E-state index in [-0.39, 0.29) is 24.1 Å². The smallest absolute Gasteiger partial charge is 0.251 e. The van der Waals surface area contributed by atoms with Gasteiger partial charge in [-0.1, -0.05) is 29.4 Å². The minimum atomic E-state index is -0.415. The van der Waals surface area contributed by atoms with Crippen molar-refractivity contribution in [3.8, 4) is 0 Å². The van der Waals surface area contributed by atoms with E-state index in [9.17, 15) is 14.0 Å². The molecule has 7 nitrogen and oxygen atoms in total. The second kappa shape index (κ2) is 9.73. The quantitative estimate of drug-likeness (QED) is 0.540. The Kier molecular flexibility index (Phi) is 7.07. The van der Waals surface area contributed by atoms with Crippen LogP contribution in [-0.4, -0.2) is 32.3 Å². The SMILES string of the molecule is Cc1ccc(F)cc1NC(=O)CSc1nnc(CNC(=O)c2ccc(Cl)cc2)n1C. The number of aryl methyl sites for hydroxylation is 1. The zero-order chi connectivity index (χ0) is 21.7. The summed E-state index contributed by atoms with van der Waals surface area (Å²) in [6, 6.07) is 10.8. The lowest BCUT2D eigenvalue weighted by Crippen LogP contribution is -2.24. The van der Waals surface area contributed by atoms with Gasteiger partial charge in [0.25, 0.3) is 5.91 Å². The fourth-order valence-corrected chi connectivity index (χ4v) is 3.39. The molecule has 0 saturated heterocycles. The number of rotatable bonds is 7. The number of hydrogen-bond donors (Lipinski definition) is 2. The molecular weight excluding hydrogens is 429 g/mol. The van der Waals surface area contributed by atoms with Gasteiger partial charge in [0.05, 0.1) is 12.3 Å². The van der Waals surface area contributed by atoms with Crippen LogP contribution in [0.4, 0.5) is 10.1 Å². The van der Waals surface area contributed by atoms with Gasteiger partial charge in [0.1, 0.15) is 5.82 Å². The minimum absolute atomic E-state index is 0.0824. The average molecular weight is 448 g/mol. The summed E-state index contributed by atoms with van der Waals surface area (Å²) in [7, 11) is 1.75. The molecule has 30 heavy (non-hydrogen) atoms. The van der Waals surface area contributed by atoms with Gasteiger partial charge < -0.3 is 15.2 Å². The molecule has 3 aromatic rings. The van der Waals surface area contributed by atoms with Crippen molar-refractivity contribution in [2.45, 2.75) is 18.6 Å². The molecule has 10 heteroatoms. The summed E-state index contributed by atoms with van der Waals surface area (Å²) in [5, 5.41) is 14.6. The second-order valence-corrected chi connectivity index (χ2v) is 7.82. The number of amides is 2. The van der Waals surface area contributed by atoms with Crippen LogP contribution >= 0.6 is 23.4 Å². The van der Waals surface area contributed by atoms with Gasteiger partial charge >= 0.3 is 0 Å². The largest absolute Gasteiger partial charge is 0.345 e. The third-order valence-electron chi connectivity index (χ3n) is 4.24. The van der Waals surface area contributed by atoms with Crippen molar-refractivity contribution in [1.29, 1.82) is 0 Å². The van der Waals surface area contributed by atoms with Crippen molar-refractivity contribution < 1.29 is 14.0 Å². The molecule has 3 rings (SSSR count). The van der Waals surface area contributed by atoms with Gasteiger partial charge in [0.2, 0.25) is 5.91 Å². The Morgan fingerprint density at radius 1 is 1.17 bits per heavy atom. The third kappa shape index (κ3) is 5.58. The molecule has 2 amide bonds. The Morgan fingerprint density at radius 3 is 2.63 bits per heavy atom. The lowest BCUT2D eigenvalue weighted by molar-refractivity contribution is -0.113. The predicted octanol–water partition coefficient (Wildman–Crippen LogP) is 3.58. The maximum Gasteiger partial charge on any atom is 0.251 e. The highest BCUT2D eigenvalue weighted by molar-refractivity contribution is 7.99. The summed E-state index contributed by atoms with van der Waals surface area (Å²) < 4.78 is 15.0. The highest BCUT2D eigenvalue weighted by atomic mass is 35.5. The third-order valence-corrected chi connectivity index (χ3v) is 5.52. The van der Waals surface area contributed by atoms with Crippen molar-refractivity contribution in [2.75, 3.05) is 11.1 Å². The van der Waals surface area contributed by atoms with Crippen LogP contribution in [-0.2, 0) is 18.4 Å². The van der Waals surface area contributed by atoms with E-state index in [1.54, 1.807) is 48.9 Å². The second-order valence-electron chi connectivity index (χ2n) is 6.44. The summed E-state index contributed by atoms with van der Waals surface area (Å²) in [6.07, 6.45) is 0. The average Bonchev–Trinajstić information content (AvgIpc) is 3.07. The zero-order valence-corrected chi connectivity index (χ0v) is 17.9. The molecule has 0 aliphatic rings. The van der Waals surface area contributed by atoms with E-state index >= 15 is 0 Å². The zero-order valence-electron chi connectivity index (χ0n) is 16.3. The molecule has 0 unspecified atom stereocenters. The number of nitrogens with zero attached hydrogens (tertiary/aromatic N) is 3. The Balaban J connectivity index is 1.53. The van der Waals surface area contributed by atoms with Gasteiger partial charge in [-0.25, -0.2) is 4.39 Å². The molecule has 156 valence electrons. The number of thioether (sulfide) groups is 1. The molecule has 2 aromatic carbocycles. The van der Waals surface area contributed by atoms with Crippen molar-refractivity contribution in [2.24, 2.45) is 7.05 Å². The first-order chi connectivity index (χ1) is 14.3. The van der Waals surface area contributed by atoms with E-state index in [1.165, 1.54) is 23.9 Å². The molecule has 0 radical (unpaired) electrons.